The van der Waals surface area contributed by atoms with Crippen molar-refractivity contribution in [3.05, 3.63) is 12.2 Å². The number of hydrazine groups is 1. The molecular weight excluding hydrogens is 465 g/mol. The topological polar surface area (TPSA) is 71.6 Å². The van der Waals surface area contributed by atoms with Gasteiger partial charge < -0.3 is 14.2 Å². The summed E-state index contributed by atoms with van der Waals surface area (Å²) >= 11 is 33.5. The van der Waals surface area contributed by atoms with Gasteiger partial charge in [-0.15, -0.1) is 0 Å². The minimum Gasteiger partial charge on any atom is -0.444 e. The van der Waals surface area contributed by atoms with Crippen LogP contribution in [0.3, 0.4) is 0 Å². The maximum Gasteiger partial charge on any atom is 0.429 e. The highest BCUT2D eigenvalue weighted by atomic mass is 35.6. The molecule has 2 fully saturated rings. The van der Waals surface area contributed by atoms with Crippen LogP contribution in [0.15, 0.2) is 12.2 Å². The Balaban J connectivity index is 1.75. The maximum absolute atomic E-state index is 12.4. The van der Waals surface area contributed by atoms with Crippen molar-refractivity contribution in [3.8, 4) is 0 Å². The van der Waals surface area contributed by atoms with E-state index in [-0.39, 0.29) is 12.2 Å². The Hall–Kier alpha value is -0.0200. The fourth-order valence-electron chi connectivity index (χ4n) is 2.70. The summed E-state index contributed by atoms with van der Waals surface area (Å²) in [5.41, 5.74) is 0. The number of epoxide rings is 1. The highest BCUT2D eigenvalue weighted by Gasteiger charge is 2.63. The van der Waals surface area contributed by atoms with Crippen molar-refractivity contribution >= 4 is 81.8 Å². The smallest absolute Gasteiger partial charge is 0.429 e. The van der Waals surface area contributed by atoms with Gasteiger partial charge in [0.2, 0.25) is 7.59 Å². The summed E-state index contributed by atoms with van der Waals surface area (Å²) in [5, 5.41) is 2.10. The first-order valence-corrected chi connectivity index (χ1v) is 9.14. The highest BCUT2D eigenvalue weighted by molar-refractivity contribution is 6.68. The predicted octanol–water partition coefficient (Wildman–Crippen LogP) is 3.61. The van der Waals surface area contributed by atoms with Crippen LogP contribution in [0.4, 0.5) is 9.59 Å². The van der Waals surface area contributed by atoms with Crippen molar-refractivity contribution in [2.24, 2.45) is 0 Å². The van der Waals surface area contributed by atoms with Gasteiger partial charge in [0.25, 0.3) is 0 Å². The van der Waals surface area contributed by atoms with E-state index >= 15 is 0 Å². The number of amides is 2. The number of alkyl halides is 6. The summed E-state index contributed by atoms with van der Waals surface area (Å²) in [6.45, 7) is -1.000. The lowest BCUT2D eigenvalue weighted by molar-refractivity contribution is -0.0681. The van der Waals surface area contributed by atoms with Crippen molar-refractivity contribution in [2.75, 3.05) is 13.2 Å². The number of halogens is 6. The van der Waals surface area contributed by atoms with Crippen LogP contribution in [-0.2, 0) is 14.2 Å². The molecule has 1 aliphatic carbocycles. The molecule has 4 atom stereocenters. The highest BCUT2D eigenvalue weighted by Crippen LogP contribution is 2.45. The standard InChI is InChI=1S/C12H10Cl6N2O5/c13-11(14,15)3-23-9(21)19-5-1-2-6(8-7(5)25-8)20(19)10(22)24-4-12(16,17)18/h1-2,5-8H,3-4H2/t5-,6+,7+,8-. The van der Waals surface area contributed by atoms with Crippen molar-refractivity contribution in [1.29, 1.82) is 0 Å². The molecule has 3 aliphatic heterocycles. The molecular formula is C12H10Cl6N2O5. The second kappa shape index (κ2) is 6.86. The van der Waals surface area contributed by atoms with Crippen LogP contribution in [0.2, 0.25) is 0 Å². The van der Waals surface area contributed by atoms with Gasteiger partial charge in [0.1, 0.15) is 37.5 Å². The zero-order valence-electron chi connectivity index (χ0n) is 12.1. The number of carbonyl (C=O) groups excluding carboxylic acids is 2. The van der Waals surface area contributed by atoms with E-state index in [9.17, 15) is 9.59 Å². The Morgan fingerprint density at radius 1 is 0.840 bits per heavy atom. The molecule has 0 aromatic heterocycles. The Kier molecular flexibility index (Phi) is 5.41. The fourth-order valence-corrected chi connectivity index (χ4v) is 3.03. The zero-order valence-corrected chi connectivity index (χ0v) is 16.6. The van der Waals surface area contributed by atoms with Crippen LogP contribution in [-0.4, -0.2) is 67.3 Å². The monoisotopic (exact) mass is 472 g/mol. The van der Waals surface area contributed by atoms with E-state index in [2.05, 4.69) is 0 Å². The zero-order chi connectivity index (χ0) is 18.6. The average molecular weight is 475 g/mol. The van der Waals surface area contributed by atoms with E-state index in [1.165, 1.54) is 0 Å². The lowest BCUT2D eigenvalue weighted by Crippen LogP contribution is -2.66. The molecule has 0 unspecified atom stereocenters. The van der Waals surface area contributed by atoms with Crippen LogP contribution in [0.25, 0.3) is 0 Å². The van der Waals surface area contributed by atoms with Crippen molar-refractivity contribution in [1.82, 2.24) is 10.0 Å². The van der Waals surface area contributed by atoms with E-state index in [1.54, 1.807) is 12.2 Å². The maximum atomic E-state index is 12.4. The van der Waals surface area contributed by atoms with Gasteiger partial charge in [0.15, 0.2) is 0 Å². The van der Waals surface area contributed by atoms with Gasteiger partial charge in [0.05, 0.1) is 0 Å². The number of hydrogen-bond acceptors (Lipinski definition) is 5. The fraction of sp³-hybridized carbons (Fsp3) is 0.667. The molecule has 3 heterocycles. The Bertz CT molecular complexity index is 556. The first-order chi connectivity index (χ1) is 11.5. The summed E-state index contributed by atoms with van der Waals surface area (Å²) in [7, 11) is 0. The van der Waals surface area contributed by atoms with Crippen molar-refractivity contribution in [3.63, 3.8) is 0 Å². The first-order valence-electron chi connectivity index (χ1n) is 6.87. The van der Waals surface area contributed by atoms with Crippen molar-refractivity contribution < 1.29 is 23.8 Å². The van der Waals surface area contributed by atoms with Gasteiger partial charge in [-0.3, -0.25) is 0 Å². The molecule has 25 heavy (non-hydrogen) atoms. The van der Waals surface area contributed by atoms with Gasteiger partial charge in [0, 0.05) is 0 Å². The second-order valence-electron chi connectivity index (χ2n) is 5.46. The molecule has 7 nitrogen and oxygen atoms in total. The molecule has 0 N–H and O–H groups in total. The summed E-state index contributed by atoms with van der Waals surface area (Å²) in [6.07, 6.45) is 1.18. The molecule has 4 rings (SSSR count). The number of fused-ring (bicyclic) bond motifs is 1. The van der Waals surface area contributed by atoms with E-state index in [4.69, 9.17) is 83.8 Å². The lowest BCUT2D eigenvalue weighted by Gasteiger charge is -2.46. The minimum atomic E-state index is -1.79. The molecule has 2 bridgehead atoms. The molecule has 0 radical (unpaired) electrons. The number of carbonyl (C=O) groups is 2. The summed E-state index contributed by atoms with van der Waals surface area (Å²) in [6, 6.07) is -1.11. The SMILES string of the molecule is O=C(OCC(Cl)(Cl)Cl)N1[C@@H]2C=C[C@@H]([C@H]3O[C@H]32)N1C(=O)OCC(Cl)(Cl)Cl. The minimum absolute atomic E-state index is 0.243. The molecule has 2 amide bonds. The number of hydrogen-bond donors (Lipinski definition) is 0. The lowest BCUT2D eigenvalue weighted by atomic mass is 9.94. The van der Waals surface area contributed by atoms with Gasteiger partial charge in [-0.05, 0) is 0 Å². The Morgan fingerprint density at radius 2 is 1.20 bits per heavy atom. The number of nitrogens with zero attached hydrogens (tertiary/aromatic N) is 2. The van der Waals surface area contributed by atoms with E-state index in [0.717, 1.165) is 10.0 Å². The van der Waals surface area contributed by atoms with Crippen LogP contribution >= 0.6 is 69.6 Å². The van der Waals surface area contributed by atoms with Crippen LogP contribution < -0.4 is 0 Å². The molecule has 0 saturated carbocycles. The summed E-state index contributed by atoms with van der Waals surface area (Å²) in [5.74, 6) is 0. The van der Waals surface area contributed by atoms with Crippen molar-refractivity contribution in [2.45, 2.75) is 31.9 Å². The largest absolute Gasteiger partial charge is 0.444 e. The predicted molar refractivity (Wildman–Crippen MR) is 92.3 cm³/mol. The molecule has 0 aromatic rings. The average Bonchev–Trinajstić information content (AvgIpc) is 3.30. The van der Waals surface area contributed by atoms with E-state index in [0.29, 0.717) is 0 Å². The summed E-state index contributed by atoms with van der Waals surface area (Å²) < 4.78 is 11.8. The van der Waals surface area contributed by atoms with Gasteiger partial charge in [-0.1, -0.05) is 81.8 Å². The molecule has 0 spiro atoms. The number of ether oxygens (including phenoxy) is 3. The third-order valence-corrected chi connectivity index (χ3v) is 4.28. The second-order valence-corrected chi connectivity index (χ2v) is 10.5. The normalized spacial score (nSPS) is 30.2. The Labute approximate surface area is 172 Å². The van der Waals surface area contributed by atoms with Crippen LogP contribution in [0.1, 0.15) is 0 Å². The van der Waals surface area contributed by atoms with Gasteiger partial charge in [-0.25, -0.2) is 19.6 Å². The molecule has 140 valence electrons. The molecule has 2 saturated heterocycles. The first kappa shape index (κ1) is 19.7. The summed E-state index contributed by atoms with van der Waals surface area (Å²) in [4.78, 5) is 24.9. The van der Waals surface area contributed by atoms with E-state index in [1.807, 2.05) is 0 Å². The third kappa shape index (κ3) is 4.46. The van der Waals surface area contributed by atoms with Gasteiger partial charge >= 0.3 is 12.2 Å². The molecule has 0 aromatic carbocycles. The third-order valence-electron chi connectivity index (χ3n) is 3.63. The molecule has 13 heteroatoms. The number of rotatable bonds is 2. The van der Waals surface area contributed by atoms with Crippen LogP contribution in [0, 0.1) is 0 Å². The van der Waals surface area contributed by atoms with E-state index < -0.39 is 45.1 Å². The van der Waals surface area contributed by atoms with Crippen LogP contribution in [0.5, 0.6) is 0 Å². The van der Waals surface area contributed by atoms with Gasteiger partial charge in [-0.2, -0.15) is 0 Å². The molecule has 4 aliphatic rings. The quantitative estimate of drug-likeness (QED) is 0.347. The Morgan fingerprint density at radius 3 is 1.52 bits per heavy atom.